The molecule has 0 saturated heterocycles. The molecule has 0 heterocycles. The van der Waals surface area contributed by atoms with E-state index in [1.54, 1.807) is 24.3 Å². The maximum absolute atomic E-state index is 12.0. The molecule has 2 unspecified atom stereocenters. The maximum atomic E-state index is 12.0. The van der Waals surface area contributed by atoms with Gasteiger partial charge in [0.15, 0.2) is 5.78 Å². The van der Waals surface area contributed by atoms with Crippen molar-refractivity contribution >= 4 is 5.78 Å². The van der Waals surface area contributed by atoms with Crippen LogP contribution in [0.3, 0.4) is 0 Å². The van der Waals surface area contributed by atoms with Crippen molar-refractivity contribution in [1.82, 2.24) is 0 Å². The fourth-order valence-electron chi connectivity index (χ4n) is 2.66. The molecule has 98 valence electrons. The molecular weight excluding hydrogens is 228 g/mol. The highest BCUT2D eigenvalue weighted by molar-refractivity contribution is 5.99. The van der Waals surface area contributed by atoms with Gasteiger partial charge < -0.3 is 10.2 Å². The quantitative estimate of drug-likeness (QED) is 0.803. The predicted molar refractivity (Wildman–Crippen MR) is 69.4 cm³/mol. The van der Waals surface area contributed by atoms with Crippen LogP contribution in [0.1, 0.15) is 42.5 Å². The zero-order valence-corrected chi connectivity index (χ0v) is 10.5. The molecule has 1 aromatic rings. The van der Waals surface area contributed by atoms with Gasteiger partial charge in [0.05, 0.1) is 6.10 Å². The molecule has 2 rings (SSSR count). The smallest absolute Gasteiger partial charge is 0.193 e. The highest BCUT2D eigenvalue weighted by Crippen LogP contribution is 2.28. The van der Waals surface area contributed by atoms with E-state index in [4.69, 9.17) is 0 Å². The number of carbonyl (C=O) groups is 1. The third-order valence-electron chi connectivity index (χ3n) is 3.78. The molecule has 0 bridgehead atoms. The lowest BCUT2D eigenvalue weighted by Gasteiger charge is -2.29. The molecule has 3 heteroatoms. The molecule has 0 radical (unpaired) electrons. The number of aliphatic hydroxyl groups is 2. The van der Waals surface area contributed by atoms with E-state index in [1.165, 1.54) is 6.42 Å². The topological polar surface area (TPSA) is 57.5 Å². The molecule has 0 aliphatic heterocycles. The summed E-state index contributed by atoms with van der Waals surface area (Å²) in [6, 6.07) is 8.67. The molecule has 1 aromatic carbocycles. The normalized spacial score (nSPS) is 20.3. The van der Waals surface area contributed by atoms with Crippen molar-refractivity contribution < 1.29 is 15.0 Å². The van der Waals surface area contributed by atoms with Gasteiger partial charge in [0.25, 0.3) is 0 Å². The summed E-state index contributed by atoms with van der Waals surface area (Å²) in [5.41, 5.74) is 0.458. The van der Waals surface area contributed by atoms with Crippen molar-refractivity contribution in [3.63, 3.8) is 0 Å². The summed E-state index contributed by atoms with van der Waals surface area (Å²) in [4.78, 5) is 12.0. The minimum atomic E-state index is -1.30. The van der Waals surface area contributed by atoms with Gasteiger partial charge in [0.1, 0.15) is 6.10 Å². The van der Waals surface area contributed by atoms with Crippen molar-refractivity contribution in [2.45, 2.75) is 44.3 Å². The summed E-state index contributed by atoms with van der Waals surface area (Å²) in [7, 11) is 0. The van der Waals surface area contributed by atoms with Gasteiger partial charge in [-0.1, -0.05) is 49.6 Å². The monoisotopic (exact) mass is 248 g/mol. The third-order valence-corrected chi connectivity index (χ3v) is 3.78. The molecule has 2 N–H and O–H groups in total. The van der Waals surface area contributed by atoms with E-state index in [0.29, 0.717) is 5.56 Å². The lowest BCUT2D eigenvalue weighted by Crippen LogP contribution is -2.40. The Morgan fingerprint density at radius 2 is 1.67 bits per heavy atom. The van der Waals surface area contributed by atoms with Crippen LogP contribution in [0.25, 0.3) is 0 Å². The van der Waals surface area contributed by atoms with Crippen molar-refractivity contribution in [3.8, 4) is 0 Å². The Morgan fingerprint density at radius 1 is 1.06 bits per heavy atom. The van der Waals surface area contributed by atoms with E-state index in [1.807, 2.05) is 6.07 Å². The second kappa shape index (κ2) is 6.12. The lowest BCUT2D eigenvalue weighted by atomic mass is 9.82. The van der Waals surface area contributed by atoms with Gasteiger partial charge in [0.2, 0.25) is 0 Å². The average Bonchev–Trinajstić information content (AvgIpc) is 2.47. The summed E-state index contributed by atoms with van der Waals surface area (Å²) in [6.45, 7) is 0. The molecule has 1 fully saturated rings. The largest absolute Gasteiger partial charge is 0.390 e. The van der Waals surface area contributed by atoms with Gasteiger partial charge in [-0.15, -0.1) is 0 Å². The lowest BCUT2D eigenvalue weighted by molar-refractivity contribution is -0.0157. The fraction of sp³-hybridized carbons (Fsp3) is 0.533. The van der Waals surface area contributed by atoms with Gasteiger partial charge in [-0.25, -0.2) is 0 Å². The molecule has 0 amide bonds. The first-order chi connectivity index (χ1) is 8.70. The van der Waals surface area contributed by atoms with E-state index in [-0.39, 0.29) is 11.7 Å². The van der Waals surface area contributed by atoms with Crippen LogP contribution >= 0.6 is 0 Å². The summed E-state index contributed by atoms with van der Waals surface area (Å²) in [5, 5.41) is 20.1. The Hall–Kier alpha value is -1.19. The first kappa shape index (κ1) is 13.2. The van der Waals surface area contributed by atoms with E-state index in [9.17, 15) is 15.0 Å². The SMILES string of the molecule is O=C(c1ccccc1)C(O)C(O)C1CCCCC1. The number of aliphatic hydroxyl groups excluding tert-OH is 2. The van der Waals surface area contributed by atoms with Crippen molar-refractivity contribution in [1.29, 1.82) is 0 Å². The zero-order chi connectivity index (χ0) is 13.0. The van der Waals surface area contributed by atoms with Gasteiger partial charge in [-0.2, -0.15) is 0 Å². The highest BCUT2D eigenvalue weighted by atomic mass is 16.3. The van der Waals surface area contributed by atoms with Crippen LogP contribution in [0, 0.1) is 5.92 Å². The molecule has 18 heavy (non-hydrogen) atoms. The summed E-state index contributed by atoms with van der Waals surface area (Å²) in [6.07, 6.45) is 2.92. The average molecular weight is 248 g/mol. The number of hydrogen-bond donors (Lipinski definition) is 2. The number of ketones is 1. The molecule has 0 spiro atoms. The minimum absolute atomic E-state index is 0.0569. The number of hydrogen-bond acceptors (Lipinski definition) is 3. The van der Waals surface area contributed by atoms with Crippen molar-refractivity contribution in [3.05, 3.63) is 35.9 Å². The van der Waals surface area contributed by atoms with Crippen LogP contribution in [-0.4, -0.2) is 28.2 Å². The Morgan fingerprint density at radius 3 is 2.28 bits per heavy atom. The fourth-order valence-corrected chi connectivity index (χ4v) is 2.66. The Kier molecular flexibility index (Phi) is 4.50. The van der Waals surface area contributed by atoms with Crippen LogP contribution in [0.5, 0.6) is 0 Å². The van der Waals surface area contributed by atoms with Crippen LogP contribution in [0.15, 0.2) is 30.3 Å². The molecule has 2 atom stereocenters. The number of rotatable bonds is 4. The van der Waals surface area contributed by atoms with Gasteiger partial charge in [-0.05, 0) is 18.8 Å². The Bertz CT molecular complexity index is 382. The minimum Gasteiger partial charge on any atom is -0.390 e. The molecule has 3 nitrogen and oxygen atoms in total. The molecule has 1 saturated carbocycles. The van der Waals surface area contributed by atoms with Crippen molar-refractivity contribution in [2.24, 2.45) is 5.92 Å². The standard InChI is InChI=1S/C15H20O3/c16-13(11-7-3-1-4-8-11)15(18)14(17)12-9-5-2-6-10-12/h1,3-4,7-8,12,14-15,17-18H,2,5-6,9-10H2. The molecule has 1 aliphatic carbocycles. The van der Waals surface area contributed by atoms with Crippen LogP contribution in [0.2, 0.25) is 0 Å². The second-order valence-corrected chi connectivity index (χ2v) is 5.06. The maximum Gasteiger partial charge on any atom is 0.193 e. The summed E-state index contributed by atoms with van der Waals surface area (Å²) in [5.74, 6) is -0.324. The van der Waals surface area contributed by atoms with Crippen LogP contribution < -0.4 is 0 Å². The summed E-state index contributed by atoms with van der Waals surface area (Å²) < 4.78 is 0. The highest BCUT2D eigenvalue weighted by Gasteiger charge is 2.32. The predicted octanol–water partition coefficient (Wildman–Crippen LogP) is 2.17. The van der Waals surface area contributed by atoms with E-state index < -0.39 is 12.2 Å². The van der Waals surface area contributed by atoms with Crippen LogP contribution in [-0.2, 0) is 0 Å². The molecule has 1 aliphatic rings. The Balaban J connectivity index is 2.01. The van der Waals surface area contributed by atoms with Gasteiger partial charge in [0, 0.05) is 5.56 Å². The van der Waals surface area contributed by atoms with Crippen LogP contribution in [0.4, 0.5) is 0 Å². The molecular formula is C15H20O3. The second-order valence-electron chi connectivity index (χ2n) is 5.06. The zero-order valence-electron chi connectivity index (χ0n) is 10.5. The van der Waals surface area contributed by atoms with E-state index in [2.05, 4.69) is 0 Å². The summed E-state index contributed by atoms with van der Waals surface area (Å²) >= 11 is 0. The van der Waals surface area contributed by atoms with E-state index in [0.717, 1.165) is 25.7 Å². The van der Waals surface area contributed by atoms with Crippen molar-refractivity contribution in [2.75, 3.05) is 0 Å². The first-order valence-electron chi connectivity index (χ1n) is 6.65. The number of carbonyl (C=O) groups excluding carboxylic acids is 1. The van der Waals surface area contributed by atoms with E-state index >= 15 is 0 Å². The first-order valence-corrected chi connectivity index (χ1v) is 6.65. The van der Waals surface area contributed by atoms with Gasteiger partial charge >= 0.3 is 0 Å². The number of benzene rings is 1. The third kappa shape index (κ3) is 2.98. The van der Waals surface area contributed by atoms with Gasteiger partial charge in [-0.3, -0.25) is 4.79 Å². The Labute approximate surface area is 107 Å². The number of Topliss-reactive ketones (excluding diaryl/α,β-unsaturated/α-hetero) is 1. The molecule has 0 aromatic heterocycles.